The number of carbonyl (C=O) groups is 1. The third-order valence-electron chi connectivity index (χ3n) is 3.23. The normalized spacial score (nSPS) is 19.8. The highest BCUT2D eigenvalue weighted by Crippen LogP contribution is 2.35. The highest BCUT2D eigenvalue weighted by atomic mass is 16.5. The average Bonchev–Trinajstić information content (AvgIpc) is 2.17. The second kappa shape index (κ2) is 3.86. The van der Waals surface area contributed by atoms with Crippen LogP contribution in [0.15, 0.2) is 12.1 Å². The number of fused-ring (bicyclic) bond motifs is 1. The first-order chi connectivity index (χ1) is 7.79. The Morgan fingerprint density at radius 2 is 1.94 bits per heavy atom. The van der Waals surface area contributed by atoms with Crippen LogP contribution in [0.1, 0.15) is 55.6 Å². The molecule has 1 aromatic rings. The van der Waals surface area contributed by atoms with Gasteiger partial charge in [0.1, 0.15) is 11.9 Å². The topological polar surface area (TPSA) is 26.3 Å². The average molecular weight is 232 g/mol. The minimum Gasteiger partial charge on any atom is -0.489 e. The van der Waals surface area contributed by atoms with E-state index in [2.05, 4.69) is 26.8 Å². The molecule has 0 aliphatic carbocycles. The molecule has 0 aromatic heterocycles. The molecule has 1 heterocycles. The van der Waals surface area contributed by atoms with Crippen molar-refractivity contribution in [1.82, 2.24) is 0 Å². The highest BCUT2D eigenvalue weighted by Gasteiger charge is 2.27. The first kappa shape index (κ1) is 12.2. The van der Waals surface area contributed by atoms with Crippen molar-refractivity contribution >= 4 is 5.78 Å². The first-order valence-corrected chi connectivity index (χ1v) is 6.14. The molecule has 17 heavy (non-hydrogen) atoms. The van der Waals surface area contributed by atoms with Crippen molar-refractivity contribution in [3.8, 4) is 5.75 Å². The zero-order valence-electron chi connectivity index (χ0n) is 11.3. The lowest BCUT2D eigenvalue weighted by Crippen LogP contribution is -2.25. The van der Waals surface area contributed by atoms with Crippen LogP contribution in [0.5, 0.6) is 5.75 Å². The van der Waals surface area contributed by atoms with E-state index in [1.54, 1.807) is 0 Å². The largest absolute Gasteiger partial charge is 0.489 e. The molecule has 0 fully saturated rings. The monoisotopic (exact) mass is 232 g/mol. The Labute approximate surface area is 103 Å². The molecule has 0 bridgehead atoms. The van der Waals surface area contributed by atoms with Crippen LogP contribution in [0.25, 0.3) is 0 Å². The van der Waals surface area contributed by atoms with Gasteiger partial charge in [-0.1, -0.05) is 26.8 Å². The summed E-state index contributed by atoms with van der Waals surface area (Å²) in [4.78, 5) is 12.0. The van der Waals surface area contributed by atoms with Crippen LogP contribution in [0.3, 0.4) is 0 Å². The van der Waals surface area contributed by atoms with E-state index >= 15 is 0 Å². The lowest BCUT2D eigenvalue weighted by atomic mass is 9.83. The number of aryl methyl sites for hydroxylation is 1. The molecule has 1 atom stereocenters. The smallest absolute Gasteiger partial charge is 0.170 e. The molecule has 2 nitrogen and oxygen atoms in total. The van der Waals surface area contributed by atoms with Crippen molar-refractivity contribution in [2.24, 2.45) is 0 Å². The summed E-state index contributed by atoms with van der Waals surface area (Å²) in [6, 6.07) is 4.13. The molecule has 0 N–H and O–H groups in total. The number of carbonyl (C=O) groups excluding carboxylic acids is 1. The summed E-state index contributed by atoms with van der Waals surface area (Å²) in [5.41, 5.74) is 3.07. The fraction of sp³-hybridized carbons (Fsp3) is 0.533. The highest BCUT2D eigenvalue weighted by molar-refractivity contribution is 6.00. The quantitative estimate of drug-likeness (QED) is 0.682. The fourth-order valence-electron chi connectivity index (χ4n) is 2.18. The van der Waals surface area contributed by atoms with E-state index in [9.17, 15) is 4.79 Å². The van der Waals surface area contributed by atoms with Gasteiger partial charge in [0.25, 0.3) is 0 Å². The van der Waals surface area contributed by atoms with Crippen molar-refractivity contribution in [2.45, 2.75) is 52.6 Å². The van der Waals surface area contributed by atoms with Gasteiger partial charge in [0.15, 0.2) is 5.78 Å². The van der Waals surface area contributed by atoms with Crippen molar-refractivity contribution < 1.29 is 9.53 Å². The molecule has 1 unspecified atom stereocenters. The number of Topliss-reactive ketones (excluding diaryl/α,β-unsaturated/α-hetero) is 1. The molecule has 1 aliphatic rings. The summed E-state index contributed by atoms with van der Waals surface area (Å²) in [7, 11) is 0. The van der Waals surface area contributed by atoms with E-state index in [1.807, 2.05) is 19.9 Å². The number of ketones is 1. The second-order valence-corrected chi connectivity index (χ2v) is 5.98. The van der Waals surface area contributed by atoms with Crippen LogP contribution < -0.4 is 4.74 Å². The molecule has 1 aliphatic heterocycles. The Hall–Kier alpha value is -1.31. The summed E-state index contributed by atoms with van der Waals surface area (Å²) in [5, 5.41) is 0. The van der Waals surface area contributed by atoms with Gasteiger partial charge in [-0.05, 0) is 36.5 Å². The number of ether oxygens (including phenoxy) is 1. The molecule has 0 saturated carbocycles. The van der Waals surface area contributed by atoms with Crippen molar-refractivity contribution in [1.29, 1.82) is 0 Å². The van der Waals surface area contributed by atoms with E-state index in [0.29, 0.717) is 6.42 Å². The van der Waals surface area contributed by atoms with Gasteiger partial charge in [-0.3, -0.25) is 4.79 Å². The van der Waals surface area contributed by atoms with Crippen LogP contribution in [-0.2, 0) is 5.41 Å². The van der Waals surface area contributed by atoms with Gasteiger partial charge in [0, 0.05) is 6.42 Å². The van der Waals surface area contributed by atoms with E-state index in [0.717, 1.165) is 16.9 Å². The standard InChI is InChI=1S/C15H20O2/c1-9-6-11(15(3,4)5)8-12-13(16)7-10(2)17-14(9)12/h6,8,10H,7H2,1-5H3. The van der Waals surface area contributed by atoms with Crippen LogP contribution in [0.2, 0.25) is 0 Å². The summed E-state index contributed by atoms with van der Waals surface area (Å²) in [6.07, 6.45) is 0.481. The van der Waals surface area contributed by atoms with Gasteiger partial charge in [0.05, 0.1) is 5.56 Å². The van der Waals surface area contributed by atoms with Crippen molar-refractivity contribution in [3.63, 3.8) is 0 Å². The summed E-state index contributed by atoms with van der Waals surface area (Å²) < 4.78 is 5.78. The molecule has 2 rings (SSSR count). The second-order valence-electron chi connectivity index (χ2n) is 5.98. The van der Waals surface area contributed by atoms with Gasteiger partial charge in [0.2, 0.25) is 0 Å². The predicted molar refractivity (Wildman–Crippen MR) is 68.9 cm³/mol. The molecule has 1 aromatic carbocycles. The van der Waals surface area contributed by atoms with Crippen LogP contribution in [-0.4, -0.2) is 11.9 Å². The summed E-state index contributed by atoms with van der Waals surface area (Å²) in [5.74, 6) is 0.981. The van der Waals surface area contributed by atoms with Gasteiger partial charge in [-0.25, -0.2) is 0 Å². The molecular formula is C15H20O2. The maximum atomic E-state index is 12.0. The third-order valence-corrected chi connectivity index (χ3v) is 3.23. The molecule has 92 valence electrons. The van der Waals surface area contributed by atoms with Gasteiger partial charge < -0.3 is 4.74 Å². The van der Waals surface area contributed by atoms with E-state index in [-0.39, 0.29) is 17.3 Å². The van der Waals surface area contributed by atoms with Crippen LogP contribution in [0, 0.1) is 6.92 Å². The maximum absolute atomic E-state index is 12.0. The SMILES string of the molecule is Cc1cc(C(C)(C)C)cc2c1OC(C)CC2=O. The number of hydrogen-bond donors (Lipinski definition) is 0. The van der Waals surface area contributed by atoms with Gasteiger partial charge in [-0.2, -0.15) is 0 Å². The van der Waals surface area contributed by atoms with Crippen molar-refractivity contribution in [3.05, 3.63) is 28.8 Å². The lowest BCUT2D eigenvalue weighted by molar-refractivity contribution is 0.0869. The summed E-state index contributed by atoms with van der Waals surface area (Å²) in [6.45, 7) is 10.4. The van der Waals surface area contributed by atoms with Crippen LogP contribution >= 0.6 is 0 Å². The third kappa shape index (κ3) is 2.21. The van der Waals surface area contributed by atoms with E-state index in [1.165, 1.54) is 5.56 Å². The van der Waals surface area contributed by atoms with Crippen molar-refractivity contribution in [2.75, 3.05) is 0 Å². The zero-order valence-corrected chi connectivity index (χ0v) is 11.3. The Morgan fingerprint density at radius 1 is 1.29 bits per heavy atom. The number of hydrogen-bond acceptors (Lipinski definition) is 2. The van der Waals surface area contributed by atoms with E-state index in [4.69, 9.17) is 4.74 Å². The number of rotatable bonds is 0. The van der Waals surface area contributed by atoms with Gasteiger partial charge in [-0.15, -0.1) is 0 Å². The maximum Gasteiger partial charge on any atom is 0.170 e. The molecule has 0 amide bonds. The minimum atomic E-state index is -0.00538. The lowest BCUT2D eigenvalue weighted by Gasteiger charge is -2.27. The predicted octanol–water partition coefficient (Wildman–Crippen LogP) is 3.65. The Balaban J connectivity index is 2.58. The van der Waals surface area contributed by atoms with Gasteiger partial charge >= 0.3 is 0 Å². The Bertz CT molecular complexity index is 467. The molecule has 0 saturated heterocycles. The number of benzene rings is 1. The molecule has 2 heteroatoms. The Morgan fingerprint density at radius 3 is 2.53 bits per heavy atom. The zero-order chi connectivity index (χ0) is 12.8. The molecular weight excluding hydrogens is 212 g/mol. The van der Waals surface area contributed by atoms with E-state index < -0.39 is 0 Å². The molecule has 0 spiro atoms. The first-order valence-electron chi connectivity index (χ1n) is 6.14. The molecule has 0 radical (unpaired) electrons. The minimum absolute atomic E-state index is 0.00538. The Kier molecular flexibility index (Phi) is 2.76. The summed E-state index contributed by atoms with van der Waals surface area (Å²) >= 11 is 0. The van der Waals surface area contributed by atoms with Crippen LogP contribution in [0.4, 0.5) is 0 Å². The fourth-order valence-corrected chi connectivity index (χ4v) is 2.18.